The van der Waals surface area contributed by atoms with E-state index in [9.17, 15) is 9.18 Å². The van der Waals surface area contributed by atoms with E-state index in [1.165, 1.54) is 6.07 Å². The summed E-state index contributed by atoms with van der Waals surface area (Å²) in [5, 5.41) is 2.76. The highest BCUT2D eigenvalue weighted by atomic mass is 19.1. The minimum atomic E-state index is -0.277. The van der Waals surface area contributed by atoms with Crippen molar-refractivity contribution in [3.05, 3.63) is 65.0 Å². The summed E-state index contributed by atoms with van der Waals surface area (Å²) in [4.78, 5) is 11.9. The van der Waals surface area contributed by atoms with Crippen LogP contribution in [0.15, 0.2) is 42.5 Å². The zero-order valence-corrected chi connectivity index (χ0v) is 11.3. The first-order valence-corrected chi connectivity index (χ1v) is 6.42. The van der Waals surface area contributed by atoms with Gasteiger partial charge in [-0.2, -0.15) is 0 Å². The Balaban J connectivity index is 1.99. The number of nitrogens with two attached hydrogens (primary N) is 1. The maximum atomic E-state index is 13.1. The molecule has 0 aromatic heterocycles. The van der Waals surface area contributed by atoms with Crippen molar-refractivity contribution in [3.63, 3.8) is 0 Å². The summed E-state index contributed by atoms with van der Waals surface area (Å²) < 4.78 is 13.1. The van der Waals surface area contributed by atoms with E-state index in [0.717, 1.165) is 11.1 Å². The molecule has 0 saturated carbocycles. The minimum Gasteiger partial charge on any atom is -0.326 e. The number of carbonyl (C=O) groups is 1. The molecule has 2 aromatic carbocycles. The first kappa shape index (κ1) is 14.2. The van der Waals surface area contributed by atoms with Gasteiger partial charge in [-0.05, 0) is 41.8 Å². The molecular weight excluding hydrogens is 255 g/mol. The molecule has 0 unspecified atom stereocenters. The molecular formula is C16H17FN2O. The molecule has 3 N–H and O–H groups in total. The maximum Gasteiger partial charge on any atom is 0.228 e. The Bertz CT molecular complexity index is 608. The molecule has 0 radical (unpaired) electrons. The number of rotatable bonds is 4. The highest BCUT2D eigenvalue weighted by molar-refractivity contribution is 5.92. The standard InChI is InChI=1S/C16H17FN2O/c1-11-8-14(6-7-15(11)17)19-16(20)9-12-2-4-13(10-18)5-3-12/h2-8H,9-10,18H2,1H3,(H,19,20). The summed E-state index contributed by atoms with van der Waals surface area (Å²) in [7, 11) is 0. The normalized spacial score (nSPS) is 10.3. The van der Waals surface area contributed by atoms with Crippen LogP contribution >= 0.6 is 0 Å². The van der Waals surface area contributed by atoms with Crippen LogP contribution in [0.4, 0.5) is 10.1 Å². The van der Waals surface area contributed by atoms with E-state index in [1.807, 2.05) is 24.3 Å². The predicted molar refractivity (Wildman–Crippen MR) is 77.8 cm³/mol. The van der Waals surface area contributed by atoms with Gasteiger partial charge in [0.05, 0.1) is 6.42 Å². The lowest BCUT2D eigenvalue weighted by atomic mass is 10.1. The second kappa shape index (κ2) is 6.30. The topological polar surface area (TPSA) is 55.1 Å². The number of amides is 1. The van der Waals surface area contributed by atoms with Crippen molar-refractivity contribution in [1.29, 1.82) is 0 Å². The average Bonchev–Trinajstić information content (AvgIpc) is 2.44. The first-order valence-electron chi connectivity index (χ1n) is 6.42. The number of hydrogen-bond donors (Lipinski definition) is 2. The first-order chi connectivity index (χ1) is 9.58. The van der Waals surface area contributed by atoms with Gasteiger partial charge in [0, 0.05) is 12.2 Å². The molecule has 0 saturated heterocycles. The zero-order valence-electron chi connectivity index (χ0n) is 11.3. The molecule has 3 nitrogen and oxygen atoms in total. The van der Waals surface area contributed by atoms with E-state index in [2.05, 4.69) is 5.32 Å². The van der Waals surface area contributed by atoms with Crippen molar-refractivity contribution >= 4 is 11.6 Å². The Labute approximate surface area is 117 Å². The number of aryl methyl sites for hydroxylation is 1. The fourth-order valence-corrected chi connectivity index (χ4v) is 1.91. The fourth-order valence-electron chi connectivity index (χ4n) is 1.91. The van der Waals surface area contributed by atoms with Gasteiger partial charge in [-0.1, -0.05) is 24.3 Å². The summed E-state index contributed by atoms with van der Waals surface area (Å²) in [5.41, 5.74) is 8.58. The second-order valence-corrected chi connectivity index (χ2v) is 4.71. The second-order valence-electron chi connectivity index (χ2n) is 4.71. The lowest BCUT2D eigenvalue weighted by Gasteiger charge is -2.07. The van der Waals surface area contributed by atoms with Crippen LogP contribution in [0.3, 0.4) is 0 Å². The molecule has 0 bridgehead atoms. The molecule has 0 aliphatic heterocycles. The van der Waals surface area contributed by atoms with Gasteiger partial charge >= 0.3 is 0 Å². The van der Waals surface area contributed by atoms with E-state index < -0.39 is 0 Å². The monoisotopic (exact) mass is 272 g/mol. The van der Waals surface area contributed by atoms with Crippen LogP contribution in [0.25, 0.3) is 0 Å². The van der Waals surface area contributed by atoms with Gasteiger partial charge in [0.2, 0.25) is 5.91 Å². The molecule has 20 heavy (non-hydrogen) atoms. The summed E-state index contributed by atoms with van der Waals surface area (Å²) in [6.45, 7) is 2.15. The van der Waals surface area contributed by atoms with Crippen molar-refractivity contribution in [1.82, 2.24) is 0 Å². The molecule has 2 aromatic rings. The number of nitrogens with one attached hydrogen (secondary N) is 1. The Kier molecular flexibility index (Phi) is 4.48. The van der Waals surface area contributed by atoms with Gasteiger partial charge in [0.25, 0.3) is 0 Å². The molecule has 0 spiro atoms. The largest absolute Gasteiger partial charge is 0.326 e. The Morgan fingerprint density at radius 2 is 1.80 bits per heavy atom. The molecule has 4 heteroatoms. The van der Waals surface area contributed by atoms with Gasteiger partial charge in [-0.3, -0.25) is 4.79 Å². The van der Waals surface area contributed by atoms with Crippen molar-refractivity contribution in [3.8, 4) is 0 Å². The van der Waals surface area contributed by atoms with Gasteiger partial charge in [0.1, 0.15) is 5.82 Å². The predicted octanol–water partition coefficient (Wildman–Crippen LogP) is 2.77. The van der Waals surface area contributed by atoms with Gasteiger partial charge in [0.15, 0.2) is 0 Å². The molecule has 0 fully saturated rings. The van der Waals surface area contributed by atoms with Crippen LogP contribution in [0, 0.1) is 12.7 Å². The zero-order chi connectivity index (χ0) is 14.5. The lowest BCUT2D eigenvalue weighted by molar-refractivity contribution is -0.115. The van der Waals surface area contributed by atoms with E-state index in [1.54, 1.807) is 19.1 Å². The van der Waals surface area contributed by atoms with Crippen molar-refractivity contribution in [2.75, 3.05) is 5.32 Å². The average molecular weight is 272 g/mol. The van der Waals surface area contributed by atoms with Gasteiger partial charge in [-0.25, -0.2) is 4.39 Å². The third-order valence-electron chi connectivity index (χ3n) is 3.07. The number of carbonyl (C=O) groups excluding carboxylic acids is 1. The van der Waals surface area contributed by atoms with Crippen LogP contribution in [0.1, 0.15) is 16.7 Å². The number of benzene rings is 2. The molecule has 0 aliphatic carbocycles. The molecule has 0 atom stereocenters. The molecule has 1 amide bonds. The molecule has 0 aliphatic rings. The highest BCUT2D eigenvalue weighted by Crippen LogP contribution is 2.14. The smallest absolute Gasteiger partial charge is 0.228 e. The quantitative estimate of drug-likeness (QED) is 0.899. The van der Waals surface area contributed by atoms with Crippen LogP contribution in [-0.4, -0.2) is 5.91 Å². The molecule has 104 valence electrons. The van der Waals surface area contributed by atoms with E-state index in [0.29, 0.717) is 17.8 Å². The van der Waals surface area contributed by atoms with Crippen LogP contribution in [0.5, 0.6) is 0 Å². The van der Waals surface area contributed by atoms with E-state index >= 15 is 0 Å². The van der Waals surface area contributed by atoms with Crippen molar-refractivity contribution < 1.29 is 9.18 Å². The third-order valence-corrected chi connectivity index (χ3v) is 3.07. The van der Waals surface area contributed by atoms with Gasteiger partial charge < -0.3 is 11.1 Å². The van der Waals surface area contributed by atoms with Crippen LogP contribution < -0.4 is 11.1 Å². The summed E-state index contributed by atoms with van der Waals surface area (Å²) in [6.07, 6.45) is 0.279. The van der Waals surface area contributed by atoms with Crippen molar-refractivity contribution in [2.45, 2.75) is 19.9 Å². The number of anilines is 1. The molecule has 2 rings (SSSR count). The number of halogens is 1. The SMILES string of the molecule is Cc1cc(NC(=O)Cc2ccc(CN)cc2)ccc1F. The lowest BCUT2D eigenvalue weighted by Crippen LogP contribution is -2.14. The Morgan fingerprint density at radius 3 is 2.40 bits per heavy atom. The number of hydrogen-bond acceptors (Lipinski definition) is 2. The van der Waals surface area contributed by atoms with E-state index in [-0.39, 0.29) is 18.1 Å². The Hall–Kier alpha value is -2.20. The summed E-state index contributed by atoms with van der Waals surface area (Å²) in [5.74, 6) is -0.406. The summed E-state index contributed by atoms with van der Waals surface area (Å²) in [6, 6.07) is 12.1. The van der Waals surface area contributed by atoms with Crippen LogP contribution in [0.2, 0.25) is 0 Å². The minimum absolute atomic E-state index is 0.128. The molecule has 0 heterocycles. The van der Waals surface area contributed by atoms with Crippen LogP contribution in [-0.2, 0) is 17.8 Å². The van der Waals surface area contributed by atoms with Gasteiger partial charge in [-0.15, -0.1) is 0 Å². The van der Waals surface area contributed by atoms with Crippen molar-refractivity contribution in [2.24, 2.45) is 5.73 Å². The summed E-state index contributed by atoms with van der Waals surface area (Å²) >= 11 is 0. The van der Waals surface area contributed by atoms with E-state index in [4.69, 9.17) is 5.73 Å². The highest BCUT2D eigenvalue weighted by Gasteiger charge is 2.05. The Morgan fingerprint density at radius 1 is 1.15 bits per heavy atom. The maximum absolute atomic E-state index is 13.1. The fraction of sp³-hybridized carbons (Fsp3) is 0.188. The third kappa shape index (κ3) is 3.65.